The molecule has 0 bridgehead atoms. The predicted molar refractivity (Wildman–Crippen MR) is 94.9 cm³/mol. The first-order chi connectivity index (χ1) is 12.3. The molecule has 2 N–H and O–H groups in total. The number of anilines is 1. The Bertz CT molecular complexity index is 1050. The third-order valence-electron chi connectivity index (χ3n) is 5.83. The maximum absolute atomic E-state index is 13.6. The Morgan fingerprint density at radius 1 is 1.19 bits per heavy atom. The van der Waals surface area contributed by atoms with Gasteiger partial charge < -0.3 is 15.1 Å². The number of carbonyl (C=O) groups excluding carboxylic acids is 2. The van der Waals surface area contributed by atoms with E-state index in [1.165, 1.54) is 0 Å². The second-order valence-corrected chi connectivity index (χ2v) is 8.15. The summed E-state index contributed by atoms with van der Waals surface area (Å²) >= 11 is 0. The minimum Gasteiger partial charge on any atom is -0.423 e. The SMILES string of the molecule is CN1C(=O)[C@@]2(C3=C1CC(C)(C)CC3=O)c1ccccc1-c1oc(N)nc12. The fourth-order valence-electron chi connectivity index (χ4n) is 4.86. The number of oxazole rings is 1. The van der Waals surface area contributed by atoms with Gasteiger partial charge in [-0.25, -0.2) is 0 Å². The number of ketones is 1. The molecule has 2 aromatic rings. The first-order valence-corrected chi connectivity index (χ1v) is 8.69. The van der Waals surface area contributed by atoms with Crippen LogP contribution in [0.1, 0.15) is 37.9 Å². The Labute approximate surface area is 150 Å². The van der Waals surface area contributed by atoms with Crippen LogP contribution in [0.25, 0.3) is 11.3 Å². The Balaban J connectivity index is 1.91. The summed E-state index contributed by atoms with van der Waals surface area (Å²) in [6.07, 6.45) is 1.07. The lowest BCUT2D eigenvalue weighted by Crippen LogP contribution is -2.41. The molecule has 5 rings (SSSR count). The molecule has 2 aliphatic carbocycles. The predicted octanol–water partition coefficient (Wildman–Crippen LogP) is 2.64. The van der Waals surface area contributed by atoms with Gasteiger partial charge in [-0.2, -0.15) is 4.98 Å². The maximum atomic E-state index is 13.6. The molecule has 2 heterocycles. The van der Waals surface area contributed by atoms with Crippen molar-refractivity contribution in [2.75, 3.05) is 12.8 Å². The summed E-state index contributed by atoms with van der Waals surface area (Å²) in [6, 6.07) is 7.54. The molecular formula is C20H19N3O3. The zero-order valence-electron chi connectivity index (χ0n) is 14.9. The van der Waals surface area contributed by atoms with Crippen molar-refractivity contribution in [2.24, 2.45) is 5.41 Å². The third kappa shape index (κ3) is 1.55. The van der Waals surface area contributed by atoms with Crippen LogP contribution in [0.5, 0.6) is 0 Å². The highest BCUT2D eigenvalue weighted by atomic mass is 16.4. The lowest BCUT2D eigenvalue weighted by atomic mass is 9.67. The number of nitrogens with zero attached hydrogens (tertiary/aromatic N) is 2. The van der Waals surface area contributed by atoms with Crippen molar-refractivity contribution < 1.29 is 14.0 Å². The molecule has 1 atom stereocenters. The Morgan fingerprint density at radius 2 is 1.92 bits per heavy atom. The lowest BCUT2D eigenvalue weighted by molar-refractivity contribution is -0.130. The topological polar surface area (TPSA) is 89.4 Å². The van der Waals surface area contributed by atoms with Crippen molar-refractivity contribution in [1.29, 1.82) is 0 Å². The number of benzene rings is 1. The number of hydrogen-bond acceptors (Lipinski definition) is 5. The van der Waals surface area contributed by atoms with Crippen LogP contribution < -0.4 is 5.73 Å². The van der Waals surface area contributed by atoms with Crippen molar-refractivity contribution in [3.05, 3.63) is 46.8 Å². The molecular weight excluding hydrogens is 330 g/mol. The van der Waals surface area contributed by atoms with E-state index in [0.29, 0.717) is 29.9 Å². The van der Waals surface area contributed by atoms with E-state index in [1.54, 1.807) is 11.9 Å². The highest BCUT2D eigenvalue weighted by Crippen LogP contribution is 2.60. The van der Waals surface area contributed by atoms with Crippen molar-refractivity contribution in [3.63, 3.8) is 0 Å². The van der Waals surface area contributed by atoms with E-state index in [-0.39, 0.29) is 23.1 Å². The van der Waals surface area contributed by atoms with Gasteiger partial charge in [-0.1, -0.05) is 38.1 Å². The van der Waals surface area contributed by atoms with Gasteiger partial charge in [0.15, 0.2) is 17.0 Å². The second kappa shape index (κ2) is 4.44. The summed E-state index contributed by atoms with van der Waals surface area (Å²) in [5.74, 6) is 0.331. The first kappa shape index (κ1) is 15.4. The van der Waals surface area contributed by atoms with Crippen LogP contribution in [0.4, 0.5) is 6.01 Å². The fraction of sp³-hybridized carbons (Fsp3) is 0.350. The lowest BCUT2D eigenvalue weighted by Gasteiger charge is -2.33. The van der Waals surface area contributed by atoms with Crippen LogP contribution in [-0.4, -0.2) is 28.6 Å². The van der Waals surface area contributed by atoms with E-state index >= 15 is 0 Å². The Hall–Kier alpha value is -2.89. The number of likely N-dealkylation sites (N-methyl/N-ethyl adjacent to an activating group) is 1. The number of allylic oxidation sites excluding steroid dienone is 1. The number of nitrogens with two attached hydrogens (primary N) is 1. The van der Waals surface area contributed by atoms with Crippen molar-refractivity contribution in [3.8, 4) is 11.3 Å². The van der Waals surface area contributed by atoms with E-state index in [1.807, 2.05) is 24.3 Å². The maximum Gasteiger partial charge on any atom is 0.292 e. The van der Waals surface area contributed by atoms with Gasteiger partial charge in [-0.3, -0.25) is 9.59 Å². The number of rotatable bonds is 0. The highest BCUT2D eigenvalue weighted by Gasteiger charge is 2.64. The van der Waals surface area contributed by atoms with Crippen molar-refractivity contribution in [1.82, 2.24) is 9.88 Å². The Morgan fingerprint density at radius 3 is 2.69 bits per heavy atom. The number of fused-ring (bicyclic) bond motifs is 6. The van der Waals surface area contributed by atoms with Gasteiger partial charge in [-0.15, -0.1) is 0 Å². The van der Waals surface area contributed by atoms with Crippen LogP contribution in [-0.2, 0) is 15.0 Å². The fourth-order valence-corrected chi connectivity index (χ4v) is 4.86. The van der Waals surface area contributed by atoms with E-state index in [0.717, 1.165) is 16.8 Å². The van der Waals surface area contributed by atoms with Crippen molar-refractivity contribution >= 4 is 17.7 Å². The van der Waals surface area contributed by atoms with Crippen LogP contribution in [0.2, 0.25) is 0 Å². The standard InChI is InChI=1S/C20H19N3O3/c1-19(2)8-12-14(13(24)9-19)20(17(25)23(12)3)11-7-5-4-6-10(11)15-16(20)22-18(21)26-15/h4-7H,8-9H2,1-3H3,(H2,21,22)/t20-/m1/s1. The number of aromatic nitrogens is 1. The van der Waals surface area contributed by atoms with Gasteiger partial charge in [0.05, 0.1) is 0 Å². The van der Waals surface area contributed by atoms with Crippen LogP contribution in [0, 0.1) is 5.41 Å². The van der Waals surface area contributed by atoms with E-state index in [2.05, 4.69) is 18.8 Å². The molecule has 3 aliphatic rings. The van der Waals surface area contributed by atoms with Crippen LogP contribution in [0.15, 0.2) is 40.0 Å². The monoisotopic (exact) mass is 349 g/mol. The third-order valence-corrected chi connectivity index (χ3v) is 5.83. The summed E-state index contributed by atoms with van der Waals surface area (Å²) in [5, 5.41) is 0. The molecule has 0 saturated heterocycles. The van der Waals surface area contributed by atoms with E-state index in [9.17, 15) is 9.59 Å². The average molecular weight is 349 g/mol. The smallest absolute Gasteiger partial charge is 0.292 e. The van der Waals surface area contributed by atoms with Gasteiger partial charge in [0.2, 0.25) is 5.91 Å². The molecule has 6 heteroatoms. The van der Waals surface area contributed by atoms with Crippen molar-refractivity contribution in [2.45, 2.75) is 32.1 Å². The summed E-state index contributed by atoms with van der Waals surface area (Å²) in [5.41, 5.74) is 7.73. The zero-order valence-corrected chi connectivity index (χ0v) is 14.9. The summed E-state index contributed by atoms with van der Waals surface area (Å²) < 4.78 is 5.64. The first-order valence-electron chi connectivity index (χ1n) is 8.69. The number of Topliss-reactive ketones (excluding diaryl/α,β-unsaturated/α-hetero) is 1. The molecule has 1 aromatic carbocycles. The number of nitrogen functional groups attached to an aromatic ring is 1. The Kier molecular flexibility index (Phi) is 2.62. The van der Waals surface area contributed by atoms with E-state index in [4.69, 9.17) is 10.2 Å². The number of amides is 1. The molecule has 0 fully saturated rings. The molecule has 0 saturated carbocycles. The minimum absolute atomic E-state index is 0.00169. The molecule has 1 aromatic heterocycles. The molecule has 1 aliphatic heterocycles. The molecule has 1 spiro atoms. The zero-order chi connectivity index (χ0) is 18.4. The van der Waals surface area contributed by atoms with Gasteiger partial charge >= 0.3 is 0 Å². The number of hydrogen-bond donors (Lipinski definition) is 1. The summed E-state index contributed by atoms with van der Waals surface area (Å²) in [6.45, 7) is 4.11. The van der Waals surface area contributed by atoms with E-state index < -0.39 is 5.41 Å². The average Bonchev–Trinajstić information content (AvgIpc) is 3.14. The summed E-state index contributed by atoms with van der Waals surface area (Å²) in [4.78, 5) is 32.8. The molecule has 1 amide bonds. The molecule has 6 nitrogen and oxygen atoms in total. The van der Waals surface area contributed by atoms with Crippen LogP contribution >= 0.6 is 0 Å². The largest absolute Gasteiger partial charge is 0.423 e. The van der Waals surface area contributed by atoms with Crippen LogP contribution in [0.3, 0.4) is 0 Å². The normalized spacial score (nSPS) is 25.7. The summed E-state index contributed by atoms with van der Waals surface area (Å²) in [7, 11) is 1.74. The van der Waals surface area contributed by atoms with Gasteiger partial charge in [0.1, 0.15) is 5.69 Å². The minimum atomic E-state index is -1.23. The number of carbonyl (C=O) groups is 2. The quantitative estimate of drug-likeness (QED) is 0.790. The van der Waals surface area contributed by atoms with Gasteiger partial charge in [0, 0.05) is 30.3 Å². The molecule has 0 radical (unpaired) electrons. The highest BCUT2D eigenvalue weighted by molar-refractivity contribution is 6.16. The molecule has 26 heavy (non-hydrogen) atoms. The second-order valence-electron chi connectivity index (χ2n) is 8.15. The molecule has 132 valence electrons. The van der Waals surface area contributed by atoms with Gasteiger partial charge in [0.25, 0.3) is 6.01 Å². The molecule has 0 unspecified atom stereocenters. The van der Waals surface area contributed by atoms with Gasteiger partial charge in [-0.05, 0) is 17.4 Å².